The summed E-state index contributed by atoms with van der Waals surface area (Å²) in [6, 6.07) is 12.4. The molecule has 0 aliphatic rings. The smallest absolute Gasteiger partial charge is 0.200 e. The normalized spacial score (nSPS) is 11.1. The molecular weight excluding hydrogens is 312 g/mol. The molecule has 0 amide bonds. The van der Waals surface area contributed by atoms with E-state index in [9.17, 15) is 13.2 Å². The molecule has 0 atom stereocenters. The summed E-state index contributed by atoms with van der Waals surface area (Å²) >= 11 is 5.75. The predicted octanol–water partition coefficient (Wildman–Crippen LogP) is 3.01. The highest BCUT2D eigenvalue weighted by molar-refractivity contribution is 7.90. The Balaban J connectivity index is 2.00. The fourth-order valence-corrected chi connectivity index (χ4v) is 2.41. The van der Waals surface area contributed by atoms with Gasteiger partial charge in [-0.25, -0.2) is 8.42 Å². The van der Waals surface area contributed by atoms with Crippen molar-refractivity contribution in [3.8, 4) is 5.75 Å². The first-order chi connectivity index (χ1) is 9.86. The van der Waals surface area contributed by atoms with E-state index < -0.39 is 9.84 Å². The van der Waals surface area contributed by atoms with Crippen molar-refractivity contribution in [3.63, 3.8) is 0 Å². The van der Waals surface area contributed by atoms with E-state index in [-0.39, 0.29) is 17.3 Å². The van der Waals surface area contributed by atoms with Gasteiger partial charge in [0.2, 0.25) is 0 Å². The van der Waals surface area contributed by atoms with Gasteiger partial charge >= 0.3 is 0 Å². The zero-order chi connectivity index (χ0) is 15.5. The Kier molecular flexibility index (Phi) is 4.65. The lowest BCUT2D eigenvalue weighted by molar-refractivity contribution is 0.0921. The minimum Gasteiger partial charge on any atom is -0.485 e. The predicted molar refractivity (Wildman–Crippen MR) is 80.8 cm³/mol. The van der Waals surface area contributed by atoms with Crippen LogP contribution >= 0.6 is 11.6 Å². The molecule has 0 radical (unpaired) electrons. The lowest BCUT2D eigenvalue weighted by atomic mass is 10.1. The summed E-state index contributed by atoms with van der Waals surface area (Å²) in [6.45, 7) is -0.125. The average Bonchev–Trinajstić information content (AvgIpc) is 2.45. The third-order valence-electron chi connectivity index (χ3n) is 2.79. The zero-order valence-corrected chi connectivity index (χ0v) is 12.8. The number of hydrogen-bond acceptors (Lipinski definition) is 4. The van der Waals surface area contributed by atoms with Crippen LogP contribution in [0.2, 0.25) is 5.02 Å². The van der Waals surface area contributed by atoms with E-state index in [0.29, 0.717) is 16.3 Å². The van der Waals surface area contributed by atoms with E-state index in [1.54, 1.807) is 24.3 Å². The Labute approximate surface area is 128 Å². The quantitative estimate of drug-likeness (QED) is 0.793. The minimum absolute atomic E-state index is 0.125. The molecule has 6 heteroatoms. The number of rotatable bonds is 5. The number of hydrogen-bond donors (Lipinski definition) is 0. The molecule has 0 aromatic heterocycles. The first kappa shape index (κ1) is 15.5. The van der Waals surface area contributed by atoms with Crippen LogP contribution in [0.3, 0.4) is 0 Å². The van der Waals surface area contributed by atoms with Gasteiger partial charge in [-0.3, -0.25) is 4.79 Å². The summed E-state index contributed by atoms with van der Waals surface area (Å²) in [5.74, 6) is 0.253. The van der Waals surface area contributed by atoms with Crippen LogP contribution in [0.1, 0.15) is 10.4 Å². The number of Topliss-reactive ketones (excluding diaryl/α,β-unsaturated/α-hetero) is 1. The largest absolute Gasteiger partial charge is 0.485 e. The fourth-order valence-electron chi connectivity index (χ4n) is 1.65. The van der Waals surface area contributed by atoms with Gasteiger partial charge in [0.25, 0.3) is 0 Å². The van der Waals surface area contributed by atoms with Gasteiger partial charge in [-0.2, -0.15) is 0 Å². The molecule has 0 aliphatic carbocycles. The number of carbonyl (C=O) groups is 1. The molecule has 4 nitrogen and oxygen atoms in total. The van der Waals surface area contributed by atoms with Crippen molar-refractivity contribution in [2.45, 2.75) is 4.90 Å². The summed E-state index contributed by atoms with van der Waals surface area (Å²) in [4.78, 5) is 12.1. The standard InChI is InChI=1S/C15H13ClO4S/c1-21(18,19)14-8-6-13(7-9-14)20-10-15(17)11-2-4-12(16)5-3-11/h2-9H,10H2,1H3. The number of sulfone groups is 1. The van der Waals surface area contributed by atoms with Gasteiger partial charge in [0, 0.05) is 16.8 Å². The van der Waals surface area contributed by atoms with Crippen molar-refractivity contribution in [2.24, 2.45) is 0 Å². The van der Waals surface area contributed by atoms with E-state index in [1.165, 1.54) is 24.3 Å². The van der Waals surface area contributed by atoms with Gasteiger partial charge in [-0.1, -0.05) is 11.6 Å². The summed E-state index contributed by atoms with van der Waals surface area (Å²) in [7, 11) is -3.23. The van der Waals surface area contributed by atoms with Crippen molar-refractivity contribution in [2.75, 3.05) is 12.9 Å². The van der Waals surface area contributed by atoms with Crippen LogP contribution in [0.5, 0.6) is 5.75 Å². The van der Waals surface area contributed by atoms with Gasteiger partial charge in [-0.15, -0.1) is 0 Å². The molecule has 2 rings (SSSR count). The first-order valence-electron chi connectivity index (χ1n) is 6.08. The van der Waals surface area contributed by atoms with Crippen LogP contribution in [0.25, 0.3) is 0 Å². The highest BCUT2D eigenvalue weighted by Crippen LogP contribution is 2.16. The van der Waals surface area contributed by atoms with E-state index in [4.69, 9.17) is 16.3 Å². The molecule has 0 bridgehead atoms. The van der Waals surface area contributed by atoms with E-state index in [2.05, 4.69) is 0 Å². The number of ether oxygens (including phenoxy) is 1. The highest BCUT2D eigenvalue weighted by Gasteiger charge is 2.09. The van der Waals surface area contributed by atoms with Crippen LogP contribution in [0.15, 0.2) is 53.4 Å². The van der Waals surface area contributed by atoms with Crippen molar-refractivity contribution in [1.82, 2.24) is 0 Å². The molecule has 0 aliphatic heterocycles. The molecule has 0 spiro atoms. The molecule has 0 heterocycles. The highest BCUT2D eigenvalue weighted by atomic mass is 35.5. The van der Waals surface area contributed by atoms with Crippen molar-refractivity contribution < 1.29 is 17.9 Å². The third-order valence-corrected chi connectivity index (χ3v) is 4.17. The Morgan fingerprint density at radius 3 is 2.14 bits per heavy atom. The lowest BCUT2D eigenvalue weighted by Gasteiger charge is -2.06. The van der Waals surface area contributed by atoms with Gasteiger partial charge < -0.3 is 4.74 Å². The van der Waals surface area contributed by atoms with Crippen LogP contribution in [0, 0.1) is 0 Å². The minimum atomic E-state index is -3.23. The number of benzene rings is 2. The van der Waals surface area contributed by atoms with E-state index >= 15 is 0 Å². The Hall–Kier alpha value is -1.85. The maximum absolute atomic E-state index is 11.9. The summed E-state index contributed by atoms with van der Waals surface area (Å²) < 4.78 is 28.0. The molecule has 2 aromatic rings. The van der Waals surface area contributed by atoms with E-state index in [0.717, 1.165) is 6.26 Å². The third kappa shape index (κ3) is 4.31. The molecule has 0 N–H and O–H groups in total. The molecule has 0 saturated carbocycles. The SMILES string of the molecule is CS(=O)(=O)c1ccc(OCC(=O)c2ccc(Cl)cc2)cc1. The van der Waals surface area contributed by atoms with Crippen LogP contribution < -0.4 is 4.74 Å². The van der Waals surface area contributed by atoms with Crippen LogP contribution in [-0.4, -0.2) is 27.1 Å². The maximum Gasteiger partial charge on any atom is 0.200 e. The van der Waals surface area contributed by atoms with Gasteiger partial charge in [0.15, 0.2) is 22.2 Å². The Morgan fingerprint density at radius 1 is 1.05 bits per heavy atom. The summed E-state index contributed by atoms with van der Waals surface area (Å²) in [6.07, 6.45) is 1.13. The number of halogens is 1. The Bertz CT molecular complexity index is 734. The lowest BCUT2D eigenvalue weighted by Crippen LogP contribution is -2.11. The molecule has 2 aromatic carbocycles. The topological polar surface area (TPSA) is 60.4 Å². The van der Waals surface area contributed by atoms with Gasteiger partial charge in [0.1, 0.15) is 5.75 Å². The summed E-state index contributed by atoms with van der Waals surface area (Å²) in [5.41, 5.74) is 0.507. The molecular formula is C15H13ClO4S. The fraction of sp³-hybridized carbons (Fsp3) is 0.133. The van der Waals surface area contributed by atoms with Gasteiger partial charge in [0.05, 0.1) is 4.90 Å². The second-order valence-corrected chi connectivity index (χ2v) is 6.91. The second-order valence-electron chi connectivity index (χ2n) is 4.46. The zero-order valence-electron chi connectivity index (χ0n) is 11.2. The van der Waals surface area contributed by atoms with Gasteiger partial charge in [-0.05, 0) is 48.5 Å². The second kappa shape index (κ2) is 6.28. The van der Waals surface area contributed by atoms with Crippen molar-refractivity contribution >= 4 is 27.2 Å². The number of ketones is 1. The maximum atomic E-state index is 11.9. The van der Waals surface area contributed by atoms with Crippen LogP contribution in [-0.2, 0) is 9.84 Å². The molecule has 21 heavy (non-hydrogen) atoms. The summed E-state index contributed by atoms with van der Waals surface area (Å²) in [5, 5.41) is 0.559. The van der Waals surface area contributed by atoms with E-state index in [1.807, 2.05) is 0 Å². The van der Waals surface area contributed by atoms with Crippen LogP contribution in [0.4, 0.5) is 0 Å². The Morgan fingerprint density at radius 2 is 1.62 bits per heavy atom. The molecule has 0 unspecified atom stereocenters. The average molecular weight is 325 g/mol. The molecule has 0 saturated heterocycles. The monoisotopic (exact) mass is 324 g/mol. The van der Waals surface area contributed by atoms with Crippen molar-refractivity contribution in [1.29, 1.82) is 0 Å². The molecule has 0 fully saturated rings. The first-order valence-corrected chi connectivity index (χ1v) is 8.35. The number of carbonyl (C=O) groups excluding carboxylic acids is 1. The molecule has 110 valence electrons. The van der Waals surface area contributed by atoms with Crippen molar-refractivity contribution in [3.05, 3.63) is 59.1 Å².